The average Bonchev–Trinajstić information content (AvgIpc) is 3.43. The van der Waals surface area contributed by atoms with Crippen molar-refractivity contribution in [3.05, 3.63) is 59.7 Å². The second kappa shape index (κ2) is 12.9. The lowest BCUT2D eigenvalue weighted by molar-refractivity contribution is -0.140. The van der Waals surface area contributed by atoms with Crippen molar-refractivity contribution >= 4 is 23.6 Å². The first-order valence-electron chi connectivity index (χ1n) is 13.0. The van der Waals surface area contributed by atoms with Crippen LogP contribution in [0.25, 0.3) is 0 Å². The Morgan fingerprint density at radius 1 is 1.16 bits per heavy atom. The van der Waals surface area contributed by atoms with Crippen molar-refractivity contribution in [3.8, 4) is 11.5 Å². The Hall–Kier alpha value is -4.08. The van der Waals surface area contributed by atoms with Crippen molar-refractivity contribution in [2.24, 2.45) is 0 Å². The van der Waals surface area contributed by atoms with E-state index in [0.29, 0.717) is 38.1 Å². The van der Waals surface area contributed by atoms with E-state index in [-0.39, 0.29) is 37.0 Å². The summed E-state index contributed by atoms with van der Waals surface area (Å²) in [7, 11) is 1.61. The number of amides is 4. The number of carbonyl (C=O) groups is 4. The molecule has 1 fully saturated rings. The number of aryl methyl sites for hydroxylation is 1. The molecule has 10 heteroatoms. The Morgan fingerprint density at radius 3 is 2.84 bits per heavy atom. The van der Waals surface area contributed by atoms with Crippen LogP contribution in [-0.4, -0.2) is 74.0 Å². The number of ether oxygens (including phenoxy) is 2. The van der Waals surface area contributed by atoms with E-state index < -0.39 is 23.9 Å². The van der Waals surface area contributed by atoms with E-state index in [0.717, 1.165) is 17.7 Å². The Labute approximate surface area is 222 Å². The Bertz CT molecular complexity index is 1170. The summed E-state index contributed by atoms with van der Waals surface area (Å²) < 4.78 is 11.0. The lowest BCUT2D eigenvalue weighted by Crippen LogP contribution is -2.52. The number of carbonyl (C=O) groups excluding carboxylic acids is 4. The quantitative estimate of drug-likeness (QED) is 0.493. The zero-order valence-electron chi connectivity index (χ0n) is 21.5. The maximum atomic E-state index is 13.2. The minimum absolute atomic E-state index is 0.161. The molecule has 2 aliphatic rings. The fourth-order valence-electron chi connectivity index (χ4n) is 4.76. The Morgan fingerprint density at radius 2 is 2.00 bits per heavy atom. The molecule has 1 saturated heterocycles. The molecular weight excluding hydrogens is 488 g/mol. The largest absolute Gasteiger partial charge is 0.497 e. The van der Waals surface area contributed by atoms with Crippen molar-refractivity contribution in [1.82, 2.24) is 20.9 Å². The smallest absolute Gasteiger partial charge is 0.255 e. The van der Waals surface area contributed by atoms with Crippen molar-refractivity contribution in [2.45, 2.75) is 44.2 Å². The fraction of sp³-hybridized carbons (Fsp3) is 0.429. The number of rotatable bonds is 6. The van der Waals surface area contributed by atoms with Crippen molar-refractivity contribution < 1.29 is 28.7 Å². The molecule has 2 aromatic rings. The van der Waals surface area contributed by atoms with Gasteiger partial charge in [0.15, 0.2) is 0 Å². The average molecular weight is 523 g/mol. The topological polar surface area (TPSA) is 126 Å². The molecule has 0 bridgehead atoms. The molecule has 2 atom stereocenters. The predicted molar refractivity (Wildman–Crippen MR) is 140 cm³/mol. The van der Waals surface area contributed by atoms with E-state index in [2.05, 4.69) is 16.0 Å². The maximum absolute atomic E-state index is 13.2. The lowest BCUT2D eigenvalue weighted by Gasteiger charge is -2.27. The van der Waals surface area contributed by atoms with Gasteiger partial charge in [0.2, 0.25) is 17.7 Å². The van der Waals surface area contributed by atoms with E-state index in [1.54, 1.807) is 31.4 Å². The summed E-state index contributed by atoms with van der Waals surface area (Å²) in [6, 6.07) is 12.7. The van der Waals surface area contributed by atoms with Gasteiger partial charge in [0.1, 0.15) is 30.2 Å². The van der Waals surface area contributed by atoms with Crippen LogP contribution in [0.4, 0.5) is 0 Å². The van der Waals surface area contributed by atoms with E-state index >= 15 is 0 Å². The van der Waals surface area contributed by atoms with Crippen LogP contribution in [0, 0.1) is 0 Å². The number of nitrogens with one attached hydrogen (secondary N) is 3. The molecule has 0 radical (unpaired) electrons. The standard InChI is InChI=1S/C28H34N4O6/c1-37-20-9-4-7-19(17-20)8-5-13-29-27(35)22-18-25(33)32-15-6-11-23(32)28(36)30-14-16-38-24-12-3-2-10-21(24)26(34)31-22/h2-4,7,9-10,12,17,22-23H,5-6,8,11,13-16,18H2,1H3,(H,29,35)(H,30,36)(H,31,34)/t22-,23-/m0/s1. The van der Waals surface area contributed by atoms with Crippen molar-refractivity contribution in [2.75, 3.05) is 33.4 Å². The molecule has 3 N–H and O–H groups in total. The normalized spacial score (nSPS) is 20.2. The fourth-order valence-corrected chi connectivity index (χ4v) is 4.76. The third-order valence-corrected chi connectivity index (χ3v) is 6.74. The maximum Gasteiger partial charge on any atom is 0.255 e. The molecule has 38 heavy (non-hydrogen) atoms. The number of hydrogen-bond donors (Lipinski definition) is 3. The third kappa shape index (κ3) is 6.81. The summed E-state index contributed by atoms with van der Waals surface area (Å²) in [6.07, 6.45) is 2.38. The number of para-hydroxylation sites is 1. The number of nitrogens with zero attached hydrogens (tertiary/aromatic N) is 1. The van der Waals surface area contributed by atoms with E-state index in [4.69, 9.17) is 9.47 Å². The van der Waals surface area contributed by atoms with E-state index in [1.807, 2.05) is 24.3 Å². The SMILES string of the molecule is COc1cccc(CCCNC(=O)[C@@H]2CC(=O)N3CCC[C@H]3C(=O)NCCOc3ccccc3C(=O)N2)c1. The van der Waals surface area contributed by atoms with Gasteiger partial charge in [0.25, 0.3) is 5.91 Å². The summed E-state index contributed by atoms with van der Waals surface area (Å²) in [4.78, 5) is 53.8. The zero-order valence-corrected chi connectivity index (χ0v) is 21.5. The molecular formula is C28H34N4O6. The number of fused-ring (bicyclic) bond motifs is 2. The molecule has 0 saturated carbocycles. The van der Waals surface area contributed by atoms with Crippen LogP contribution in [0.5, 0.6) is 11.5 Å². The molecule has 0 unspecified atom stereocenters. The highest BCUT2D eigenvalue weighted by Gasteiger charge is 2.36. The van der Waals surface area contributed by atoms with E-state index in [9.17, 15) is 19.2 Å². The van der Waals surface area contributed by atoms with Crippen LogP contribution in [0.15, 0.2) is 48.5 Å². The van der Waals surface area contributed by atoms with Gasteiger partial charge in [-0.15, -0.1) is 0 Å². The van der Waals surface area contributed by atoms with Gasteiger partial charge in [0.05, 0.1) is 25.6 Å². The number of hydrogen-bond acceptors (Lipinski definition) is 6. The number of benzene rings is 2. The van der Waals surface area contributed by atoms with Crippen LogP contribution in [0.1, 0.15) is 41.6 Å². The first-order valence-corrected chi connectivity index (χ1v) is 13.0. The van der Waals surface area contributed by atoms with E-state index in [1.165, 1.54) is 4.90 Å². The van der Waals surface area contributed by atoms with Gasteiger partial charge in [-0.1, -0.05) is 24.3 Å². The summed E-state index contributed by atoms with van der Waals surface area (Å²) in [5.41, 5.74) is 1.33. The van der Waals surface area contributed by atoms with Gasteiger partial charge in [0, 0.05) is 13.1 Å². The molecule has 4 rings (SSSR count). The molecule has 0 spiro atoms. The first-order chi connectivity index (χ1) is 18.5. The Kier molecular flexibility index (Phi) is 9.18. The zero-order chi connectivity index (χ0) is 26.9. The summed E-state index contributed by atoms with van der Waals surface area (Å²) >= 11 is 0. The minimum atomic E-state index is -1.10. The van der Waals surface area contributed by atoms with Gasteiger partial charge < -0.3 is 30.3 Å². The first kappa shape index (κ1) is 27.0. The predicted octanol–water partition coefficient (Wildman–Crippen LogP) is 1.43. The summed E-state index contributed by atoms with van der Waals surface area (Å²) in [5.74, 6) is -0.450. The van der Waals surface area contributed by atoms with Gasteiger partial charge >= 0.3 is 0 Å². The summed E-state index contributed by atoms with van der Waals surface area (Å²) in [6.45, 7) is 1.20. The van der Waals surface area contributed by atoms with Crippen molar-refractivity contribution in [1.29, 1.82) is 0 Å². The van der Waals surface area contributed by atoms with Crippen molar-refractivity contribution in [3.63, 3.8) is 0 Å². The monoisotopic (exact) mass is 522 g/mol. The summed E-state index contributed by atoms with van der Waals surface area (Å²) in [5, 5.41) is 8.39. The lowest BCUT2D eigenvalue weighted by atomic mass is 10.1. The highest BCUT2D eigenvalue weighted by molar-refractivity contribution is 6.01. The third-order valence-electron chi connectivity index (χ3n) is 6.74. The molecule has 2 aromatic carbocycles. The van der Waals surface area contributed by atoms with Gasteiger partial charge in [-0.2, -0.15) is 0 Å². The molecule has 2 heterocycles. The van der Waals surface area contributed by atoms with Gasteiger partial charge in [-0.05, 0) is 55.5 Å². The number of methoxy groups -OCH3 is 1. The molecule has 4 amide bonds. The Balaban J connectivity index is 1.47. The molecule has 0 aliphatic carbocycles. The second-order valence-electron chi connectivity index (χ2n) is 9.36. The van der Waals surface area contributed by atoms with Gasteiger partial charge in [-0.3, -0.25) is 19.2 Å². The molecule has 0 aromatic heterocycles. The van der Waals surface area contributed by atoms with Crippen LogP contribution >= 0.6 is 0 Å². The van der Waals surface area contributed by atoms with Crippen LogP contribution in [0.3, 0.4) is 0 Å². The molecule has 10 nitrogen and oxygen atoms in total. The molecule has 202 valence electrons. The van der Waals surface area contributed by atoms with Crippen LogP contribution in [-0.2, 0) is 20.8 Å². The molecule has 2 aliphatic heterocycles. The van der Waals surface area contributed by atoms with Gasteiger partial charge in [-0.25, -0.2) is 0 Å². The minimum Gasteiger partial charge on any atom is -0.497 e. The highest BCUT2D eigenvalue weighted by Crippen LogP contribution is 2.21. The van der Waals surface area contributed by atoms with Crippen LogP contribution in [0.2, 0.25) is 0 Å². The van der Waals surface area contributed by atoms with Crippen LogP contribution < -0.4 is 25.4 Å². The highest BCUT2D eigenvalue weighted by atomic mass is 16.5. The second-order valence-corrected chi connectivity index (χ2v) is 9.36.